The number of carbonyl (C=O) groups is 1. The summed E-state index contributed by atoms with van der Waals surface area (Å²) >= 11 is 0. The lowest BCUT2D eigenvalue weighted by Gasteiger charge is -2.06. The number of hydrogen-bond acceptors (Lipinski definition) is 3. The highest BCUT2D eigenvalue weighted by Crippen LogP contribution is 2.12. The van der Waals surface area contributed by atoms with E-state index in [9.17, 15) is 4.79 Å². The van der Waals surface area contributed by atoms with E-state index in [0.29, 0.717) is 17.1 Å². The SMILES string of the molecule is Cc1ccccc1C(=O)Nc1cc(N)ccn1. The van der Waals surface area contributed by atoms with Crippen LogP contribution in [0.3, 0.4) is 0 Å². The fraction of sp³-hybridized carbons (Fsp3) is 0.0769. The van der Waals surface area contributed by atoms with Crippen LogP contribution in [0.1, 0.15) is 15.9 Å². The molecule has 2 rings (SSSR count). The van der Waals surface area contributed by atoms with Gasteiger partial charge in [-0.1, -0.05) is 18.2 Å². The van der Waals surface area contributed by atoms with Crippen molar-refractivity contribution in [2.24, 2.45) is 0 Å². The van der Waals surface area contributed by atoms with Crippen molar-refractivity contribution in [1.82, 2.24) is 4.98 Å². The molecule has 0 saturated heterocycles. The molecule has 2 aromatic rings. The maximum Gasteiger partial charge on any atom is 0.257 e. The number of carbonyl (C=O) groups excluding carboxylic acids is 1. The zero-order valence-electron chi connectivity index (χ0n) is 9.47. The molecule has 3 N–H and O–H groups in total. The van der Waals surface area contributed by atoms with E-state index in [1.807, 2.05) is 25.1 Å². The Bertz CT molecular complexity index is 552. The normalized spacial score (nSPS) is 9.94. The second kappa shape index (κ2) is 4.65. The van der Waals surface area contributed by atoms with Crippen LogP contribution < -0.4 is 11.1 Å². The lowest BCUT2D eigenvalue weighted by atomic mass is 10.1. The average Bonchev–Trinajstić information content (AvgIpc) is 2.29. The summed E-state index contributed by atoms with van der Waals surface area (Å²) in [6.45, 7) is 1.89. The number of nitrogens with one attached hydrogen (secondary N) is 1. The minimum atomic E-state index is -0.179. The molecule has 0 aliphatic rings. The molecule has 0 aliphatic carbocycles. The topological polar surface area (TPSA) is 68.0 Å². The van der Waals surface area contributed by atoms with E-state index in [-0.39, 0.29) is 5.91 Å². The molecule has 0 spiro atoms. The van der Waals surface area contributed by atoms with Gasteiger partial charge in [-0.25, -0.2) is 4.98 Å². The van der Waals surface area contributed by atoms with Crippen LogP contribution in [0.25, 0.3) is 0 Å². The highest BCUT2D eigenvalue weighted by atomic mass is 16.1. The number of aryl methyl sites for hydroxylation is 1. The molecule has 0 fully saturated rings. The highest BCUT2D eigenvalue weighted by Gasteiger charge is 2.08. The number of amides is 1. The summed E-state index contributed by atoms with van der Waals surface area (Å²) in [5.74, 6) is 0.277. The van der Waals surface area contributed by atoms with Gasteiger partial charge >= 0.3 is 0 Å². The van der Waals surface area contributed by atoms with E-state index in [1.165, 1.54) is 0 Å². The van der Waals surface area contributed by atoms with Crippen LogP contribution in [0.4, 0.5) is 11.5 Å². The number of anilines is 2. The Hall–Kier alpha value is -2.36. The molecule has 0 bridgehead atoms. The van der Waals surface area contributed by atoms with Crippen LogP contribution in [0.5, 0.6) is 0 Å². The summed E-state index contributed by atoms with van der Waals surface area (Å²) in [4.78, 5) is 16.0. The van der Waals surface area contributed by atoms with Crippen LogP contribution in [-0.4, -0.2) is 10.9 Å². The first-order valence-corrected chi connectivity index (χ1v) is 5.25. The standard InChI is InChI=1S/C13H13N3O/c1-9-4-2-3-5-11(9)13(17)16-12-8-10(14)6-7-15-12/h2-8H,1H3,(H3,14,15,16,17). The predicted molar refractivity (Wildman–Crippen MR) is 67.8 cm³/mol. The number of aromatic nitrogens is 1. The van der Waals surface area contributed by atoms with Crippen LogP contribution in [0.2, 0.25) is 0 Å². The molecule has 0 aliphatic heterocycles. The maximum atomic E-state index is 12.0. The Labute approximate surface area is 99.5 Å². The molecule has 1 aromatic heterocycles. The van der Waals surface area contributed by atoms with Gasteiger partial charge in [0.2, 0.25) is 0 Å². The molecule has 0 saturated carbocycles. The molecule has 0 atom stereocenters. The molecule has 86 valence electrons. The third kappa shape index (κ3) is 2.60. The van der Waals surface area contributed by atoms with Gasteiger partial charge in [-0.15, -0.1) is 0 Å². The third-order valence-corrected chi connectivity index (χ3v) is 2.42. The van der Waals surface area contributed by atoms with Gasteiger partial charge in [-0.2, -0.15) is 0 Å². The van der Waals surface area contributed by atoms with Crippen molar-refractivity contribution in [3.8, 4) is 0 Å². The van der Waals surface area contributed by atoms with Gasteiger partial charge in [-0.05, 0) is 24.6 Å². The van der Waals surface area contributed by atoms with E-state index < -0.39 is 0 Å². The maximum absolute atomic E-state index is 12.0. The Kier molecular flexibility index (Phi) is 3.05. The molecule has 17 heavy (non-hydrogen) atoms. The van der Waals surface area contributed by atoms with Gasteiger partial charge in [0, 0.05) is 23.5 Å². The number of pyridine rings is 1. The van der Waals surface area contributed by atoms with Gasteiger partial charge in [0.15, 0.2) is 0 Å². The van der Waals surface area contributed by atoms with E-state index in [0.717, 1.165) is 5.56 Å². The van der Waals surface area contributed by atoms with Crippen LogP contribution in [-0.2, 0) is 0 Å². The summed E-state index contributed by atoms with van der Waals surface area (Å²) in [7, 11) is 0. The molecule has 0 unspecified atom stereocenters. The van der Waals surface area contributed by atoms with Crippen molar-refractivity contribution in [2.75, 3.05) is 11.1 Å². The average molecular weight is 227 g/mol. The fourth-order valence-corrected chi connectivity index (χ4v) is 1.53. The van der Waals surface area contributed by atoms with Crippen LogP contribution in [0.15, 0.2) is 42.6 Å². The molecule has 4 heteroatoms. The fourth-order valence-electron chi connectivity index (χ4n) is 1.53. The summed E-state index contributed by atoms with van der Waals surface area (Å²) in [5.41, 5.74) is 7.74. The summed E-state index contributed by atoms with van der Waals surface area (Å²) in [6.07, 6.45) is 1.56. The number of rotatable bonds is 2. The minimum absolute atomic E-state index is 0.179. The predicted octanol–water partition coefficient (Wildman–Crippen LogP) is 2.22. The quantitative estimate of drug-likeness (QED) is 0.826. The lowest BCUT2D eigenvalue weighted by Crippen LogP contribution is -2.14. The Morgan fingerprint density at radius 2 is 2.06 bits per heavy atom. The summed E-state index contributed by atoms with van der Waals surface area (Å²) in [5, 5.41) is 2.71. The first-order valence-electron chi connectivity index (χ1n) is 5.25. The zero-order valence-corrected chi connectivity index (χ0v) is 9.47. The molecule has 0 radical (unpaired) electrons. The van der Waals surface area contributed by atoms with Crippen molar-refractivity contribution in [3.05, 3.63) is 53.7 Å². The lowest BCUT2D eigenvalue weighted by molar-refractivity contribution is 0.102. The third-order valence-electron chi connectivity index (χ3n) is 2.42. The Morgan fingerprint density at radius 1 is 1.29 bits per heavy atom. The van der Waals surface area contributed by atoms with Gasteiger partial charge in [0.25, 0.3) is 5.91 Å². The van der Waals surface area contributed by atoms with Gasteiger partial charge < -0.3 is 11.1 Å². The molecular formula is C13H13N3O. The van der Waals surface area contributed by atoms with E-state index in [4.69, 9.17) is 5.73 Å². The molecule has 1 aromatic carbocycles. The molecular weight excluding hydrogens is 214 g/mol. The number of nitrogen functional groups attached to an aromatic ring is 1. The second-order valence-electron chi connectivity index (χ2n) is 3.74. The van der Waals surface area contributed by atoms with Crippen LogP contribution >= 0.6 is 0 Å². The monoisotopic (exact) mass is 227 g/mol. The first-order chi connectivity index (χ1) is 8.16. The molecule has 1 heterocycles. The zero-order chi connectivity index (χ0) is 12.3. The molecule has 1 amide bonds. The Balaban J connectivity index is 2.20. The number of benzene rings is 1. The van der Waals surface area contributed by atoms with Gasteiger partial charge in [-0.3, -0.25) is 4.79 Å². The number of hydrogen-bond donors (Lipinski definition) is 2. The van der Waals surface area contributed by atoms with Crippen molar-refractivity contribution >= 4 is 17.4 Å². The second-order valence-corrected chi connectivity index (χ2v) is 3.74. The minimum Gasteiger partial charge on any atom is -0.399 e. The van der Waals surface area contributed by atoms with Gasteiger partial charge in [0.1, 0.15) is 5.82 Å². The highest BCUT2D eigenvalue weighted by molar-refractivity contribution is 6.04. The first kappa shape index (κ1) is 11.1. The van der Waals surface area contributed by atoms with Crippen molar-refractivity contribution in [2.45, 2.75) is 6.92 Å². The number of nitrogens with zero attached hydrogens (tertiary/aromatic N) is 1. The van der Waals surface area contributed by atoms with E-state index in [1.54, 1.807) is 24.4 Å². The summed E-state index contributed by atoms with van der Waals surface area (Å²) in [6, 6.07) is 10.7. The van der Waals surface area contributed by atoms with Crippen molar-refractivity contribution < 1.29 is 4.79 Å². The van der Waals surface area contributed by atoms with E-state index >= 15 is 0 Å². The van der Waals surface area contributed by atoms with Crippen molar-refractivity contribution in [3.63, 3.8) is 0 Å². The number of nitrogens with two attached hydrogens (primary N) is 1. The Morgan fingerprint density at radius 3 is 2.76 bits per heavy atom. The van der Waals surface area contributed by atoms with Crippen LogP contribution in [0, 0.1) is 6.92 Å². The molecule has 4 nitrogen and oxygen atoms in total. The largest absolute Gasteiger partial charge is 0.399 e. The van der Waals surface area contributed by atoms with E-state index in [2.05, 4.69) is 10.3 Å². The smallest absolute Gasteiger partial charge is 0.257 e. The van der Waals surface area contributed by atoms with Gasteiger partial charge in [0.05, 0.1) is 0 Å². The summed E-state index contributed by atoms with van der Waals surface area (Å²) < 4.78 is 0. The van der Waals surface area contributed by atoms with Crippen molar-refractivity contribution in [1.29, 1.82) is 0 Å².